The number of likely N-dealkylation sites (tertiary alicyclic amines) is 1. The van der Waals surface area contributed by atoms with Crippen molar-refractivity contribution in [1.29, 1.82) is 0 Å². The van der Waals surface area contributed by atoms with Crippen molar-refractivity contribution in [2.45, 2.75) is 18.9 Å². The molecule has 2 fully saturated rings. The highest BCUT2D eigenvalue weighted by Crippen LogP contribution is 2.21. The molecule has 0 saturated carbocycles. The van der Waals surface area contributed by atoms with E-state index in [1.165, 1.54) is 0 Å². The van der Waals surface area contributed by atoms with E-state index in [1.54, 1.807) is 23.9 Å². The van der Waals surface area contributed by atoms with Crippen molar-refractivity contribution in [3.63, 3.8) is 0 Å². The predicted octanol–water partition coefficient (Wildman–Crippen LogP) is 1.40. The number of likely N-dealkylation sites (N-methyl/N-ethyl adjacent to an activating group) is 2. The minimum absolute atomic E-state index is 0.0262. The first-order chi connectivity index (χ1) is 13.9. The third-order valence-corrected chi connectivity index (χ3v) is 5.62. The molecule has 2 aliphatic rings. The molecule has 1 aromatic carbocycles. The van der Waals surface area contributed by atoms with Gasteiger partial charge in [-0.1, -0.05) is 0 Å². The van der Waals surface area contributed by atoms with Crippen LogP contribution >= 0.6 is 0 Å². The second-order valence-electron chi connectivity index (χ2n) is 8.03. The lowest BCUT2D eigenvalue weighted by atomic mass is 10.2. The van der Waals surface area contributed by atoms with Gasteiger partial charge in [-0.2, -0.15) is 0 Å². The molecule has 8 heteroatoms. The highest BCUT2D eigenvalue weighted by atomic mass is 16.5. The van der Waals surface area contributed by atoms with Crippen molar-refractivity contribution in [1.82, 2.24) is 19.6 Å². The molecule has 29 heavy (non-hydrogen) atoms. The standard InChI is InChI=1S/C21H33N5O3/c1-23(2)20(27)19-5-4-10-26(19)21(28)22-17-6-8-18(9-7-17)29-16-15-25-13-11-24(3)12-14-25/h6-9,19H,4-5,10-16H2,1-3H3,(H,22,28)/t19-/m0/s1. The van der Waals surface area contributed by atoms with Gasteiger partial charge in [0.15, 0.2) is 0 Å². The van der Waals surface area contributed by atoms with Crippen molar-refractivity contribution in [2.24, 2.45) is 0 Å². The molecular formula is C21H33N5O3. The van der Waals surface area contributed by atoms with E-state index in [-0.39, 0.29) is 18.0 Å². The van der Waals surface area contributed by atoms with E-state index in [2.05, 4.69) is 22.2 Å². The molecule has 1 atom stereocenters. The van der Waals surface area contributed by atoms with Crippen LogP contribution < -0.4 is 10.1 Å². The van der Waals surface area contributed by atoms with Crippen LogP contribution in [-0.4, -0.2) is 105 Å². The van der Waals surface area contributed by atoms with Gasteiger partial charge in [-0.05, 0) is 44.2 Å². The molecule has 1 N–H and O–H groups in total. The van der Waals surface area contributed by atoms with Crippen LogP contribution in [0.2, 0.25) is 0 Å². The second kappa shape index (κ2) is 9.93. The molecule has 2 heterocycles. The largest absolute Gasteiger partial charge is 0.492 e. The number of piperazine rings is 1. The van der Waals surface area contributed by atoms with Crippen molar-refractivity contribution < 1.29 is 14.3 Å². The minimum atomic E-state index is -0.373. The zero-order valence-corrected chi connectivity index (χ0v) is 17.8. The summed E-state index contributed by atoms with van der Waals surface area (Å²) >= 11 is 0. The molecule has 0 radical (unpaired) electrons. The number of hydrogen-bond acceptors (Lipinski definition) is 5. The molecule has 0 spiro atoms. The summed E-state index contributed by atoms with van der Waals surface area (Å²) in [4.78, 5) is 32.8. The van der Waals surface area contributed by atoms with Crippen molar-refractivity contribution in [3.8, 4) is 5.75 Å². The normalized spacial score (nSPS) is 20.5. The lowest BCUT2D eigenvalue weighted by Gasteiger charge is -2.32. The third kappa shape index (κ3) is 5.83. The smallest absolute Gasteiger partial charge is 0.322 e. The van der Waals surface area contributed by atoms with Crippen LogP contribution in [0.4, 0.5) is 10.5 Å². The van der Waals surface area contributed by atoms with Crippen LogP contribution in [0.3, 0.4) is 0 Å². The van der Waals surface area contributed by atoms with Gasteiger partial charge < -0.3 is 24.8 Å². The molecule has 160 valence electrons. The summed E-state index contributed by atoms with van der Waals surface area (Å²) in [7, 11) is 5.59. The van der Waals surface area contributed by atoms with Crippen molar-refractivity contribution in [2.75, 3.05) is 72.3 Å². The average Bonchev–Trinajstić information content (AvgIpc) is 3.20. The van der Waals surface area contributed by atoms with Gasteiger partial charge in [-0.25, -0.2) is 4.79 Å². The summed E-state index contributed by atoms with van der Waals surface area (Å²) < 4.78 is 5.84. The quantitative estimate of drug-likeness (QED) is 0.778. The number of hydrogen-bond donors (Lipinski definition) is 1. The molecule has 0 bridgehead atoms. The lowest BCUT2D eigenvalue weighted by molar-refractivity contribution is -0.132. The third-order valence-electron chi connectivity index (χ3n) is 5.62. The van der Waals surface area contributed by atoms with Crippen LogP contribution in [0, 0.1) is 0 Å². The van der Waals surface area contributed by atoms with Crippen LogP contribution in [0.15, 0.2) is 24.3 Å². The Morgan fingerprint density at radius 3 is 2.45 bits per heavy atom. The predicted molar refractivity (Wildman–Crippen MR) is 113 cm³/mol. The SMILES string of the molecule is CN1CCN(CCOc2ccc(NC(=O)N3CCC[C@H]3C(=O)N(C)C)cc2)CC1. The number of amides is 3. The number of ether oxygens (including phenoxy) is 1. The zero-order chi connectivity index (χ0) is 20.8. The molecule has 0 aromatic heterocycles. The summed E-state index contributed by atoms with van der Waals surface area (Å²) in [6, 6.07) is 6.80. The second-order valence-corrected chi connectivity index (χ2v) is 8.03. The Balaban J connectivity index is 1.45. The molecule has 3 rings (SSSR count). The van der Waals surface area contributed by atoms with Crippen LogP contribution in [0.1, 0.15) is 12.8 Å². The first-order valence-corrected chi connectivity index (χ1v) is 10.4. The highest BCUT2D eigenvalue weighted by Gasteiger charge is 2.34. The van der Waals surface area contributed by atoms with Crippen LogP contribution in [0.5, 0.6) is 5.75 Å². The molecule has 2 saturated heterocycles. The molecule has 3 amide bonds. The number of rotatable bonds is 6. The first kappa shape index (κ1) is 21.4. The molecular weight excluding hydrogens is 370 g/mol. The molecule has 2 aliphatic heterocycles. The van der Waals surface area contributed by atoms with Gasteiger partial charge in [-0.15, -0.1) is 0 Å². The van der Waals surface area contributed by atoms with E-state index < -0.39 is 0 Å². The fraction of sp³-hybridized carbons (Fsp3) is 0.619. The average molecular weight is 404 g/mol. The van der Waals surface area contributed by atoms with E-state index in [9.17, 15) is 9.59 Å². The highest BCUT2D eigenvalue weighted by molar-refractivity contribution is 5.94. The Hall–Kier alpha value is -2.32. The molecule has 0 aliphatic carbocycles. The minimum Gasteiger partial charge on any atom is -0.492 e. The van der Waals surface area contributed by atoms with E-state index in [1.807, 2.05) is 24.3 Å². The van der Waals surface area contributed by atoms with E-state index >= 15 is 0 Å². The Labute approximate surface area is 173 Å². The number of carbonyl (C=O) groups excluding carboxylic acids is 2. The number of anilines is 1. The van der Waals surface area contributed by atoms with Crippen molar-refractivity contribution in [3.05, 3.63) is 24.3 Å². The summed E-state index contributed by atoms with van der Waals surface area (Å²) in [5.74, 6) is 0.765. The topological polar surface area (TPSA) is 68.4 Å². The maximum atomic E-state index is 12.6. The van der Waals surface area contributed by atoms with E-state index in [0.29, 0.717) is 25.3 Å². The van der Waals surface area contributed by atoms with Gasteiger partial charge in [0.25, 0.3) is 0 Å². The Kier molecular flexibility index (Phi) is 7.33. The lowest BCUT2D eigenvalue weighted by Crippen LogP contribution is -2.47. The fourth-order valence-corrected chi connectivity index (χ4v) is 3.76. The summed E-state index contributed by atoms with van der Waals surface area (Å²) in [6.07, 6.45) is 1.56. The number of nitrogens with zero attached hydrogens (tertiary/aromatic N) is 4. The Morgan fingerprint density at radius 2 is 1.79 bits per heavy atom. The summed E-state index contributed by atoms with van der Waals surface area (Å²) in [5.41, 5.74) is 0.698. The van der Waals surface area contributed by atoms with E-state index in [0.717, 1.165) is 44.9 Å². The fourth-order valence-electron chi connectivity index (χ4n) is 3.76. The number of carbonyl (C=O) groups is 2. The molecule has 1 aromatic rings. The number of nitrogens with one attached hydrogen (secondary N) is 1. The first-order valence-electron chi connectivity index (χ1n) is 10.4. The summed E-state index contributed by atoms with van der Waals surface area (Å²) in [6.45, 7) is 6.54. The zero-order valence-electron chi connectivity index (χ0n) is 17.8. The monoisotopic (exact) mass is 403 g/mol. The molecule has 8 nitrogen and oxygen atoms in total. The number of benzene rings is 1. The van der Waals surface area contributed by atoms with Gasteiger partial charge in [0, 0.05) is 59.1 Å². The van der Waals surface area contributed by atoms with Gasteiger partial charge in [0.2, 0.25) is 5.91 Å². The molecule has 0 unspecified atom stereocenters. The summed E-state index contributed by atoms with van der Waals surface area (Å²) in [5, 5.41) is 2.89. The van der Waals surface area contributed by atoms with Gasteiger partial charge >= 0.3 is 6.03 Å². The maximum Gasteiger partial charge on any atom is 0.322 e. The van der Waals surface area contributed by atoms with E-state index in [4.69, 9.17) is 4.74 Å². The van der Waals surface area contributed by atoms with Crippen LogP contribution in [0.25, 0.3) is 0 Å². The Morgan fingerprint density at radius 1 is 1.10 bits per heavy atom. The van der Waals surface area contributed by atoms with Crippen LogP contribution in [-0.2, 0) is 4.79 Å². The van der Waals surface area contributed by atoms with Crippen molar-refractivity contribution >= 4 is 17.6 Å². The van der Waals surface area contributed by atoms with Gasteiger partial charge in [0.1, 0.15) is 18.4 Å². The number of urea groups is 1. The van der Waals surface area contributed by atoms with Gasteiger partial charge in [0.05, 0.1) is 0 Å². The van der Waals surface area contributed by atoms with Gasteiger partial charge in [-0.3, -0.25) is 9.69 Å². The maximum absolute atomic E-state index is 12.6. The Bertz CT molecular complexity index is 686.